The number of aliphatic hydroxyl groups excluding tert-OH is 2. The molecule has 0 bridgehead atoms. The maximum absolute atomic E-state index is 9.24. The summed E-state index contributed by atoms with van der Waals surface area (Å²) in [6.07, 6.45) is -0.406. The van der Waals surface area contributed by atoms with Crippen LogP contribution in [-0.2, 0) is 0 Å². The second-order valence-electron chi connectivity index (χ2n) is 2.82. The average Bonchev–Trinajstić information content (AvgIpc) is 2.15. The normalized spacial score (nSPS) is 12.8. The van der Waals surface area contributed by atoms with Crippen LogP contribution in [0.1, 0.15) is 18.6 Å². The minimum absolute atomic E-state index is 0.197. The van der Waals surface area contributed by atoms with Crippen molar-refractivity contribution in [1.82, 2.24) is 0 Å². The highest BCUT2D eigenvalue weighted by Gasteiger charge is 1.99. The zero-order valence-corrected chi connectivity index (χ0v) is 8.42. The fourth-order valence-corrected chi connectivity index (χ4v) is 1.66. The van der Waals surface area contributed by atoms with Crippen molar-refractivity contribution < 1.29 is 10.2 Å². The smallest absolute Gasteiger partial charge is 0.0761 e. The third kappa shape index (κ3) is 3.38. The minimum Gasteiger partial charge on any atom is -0.396 e. The van der Waals surface area contributed by atoms with E-state index >= 15 is 0 Å². The van der Waals surface area contributed by atoms with Gasteiger partial charge in [0.2, 0.25) is 0 Å². The Morgan fingerprint density at radius 3 is 2.38 bits per heavy atom. The van der Waals surface area contributed by atoms with Crippen LogP contribution in [-0.4, -0.2) is 22.6 Å². The van der Waals surface area contributed by atoms with Crippen LogP contribution in [0.25, 0.3) is 0 Å². The van der Waals surface area contributed by atoms with Gasteiger partial charge >= 0.3 is 0 Å². The van der Waals surface area contributed by atoms with Crippen molar-refractivity contribution >= 4 is 11.8 Å². The molecule has 0 saturated carbocycles. The molecule has 1 rings (SSSR count). The predicted molar refractivity (Wildman–Crippen MR) is 54.9 cm³/mol. The van der Waals surface area contributed by atoms with E-state index in [0.717, 1.165) is 10.5 Å². The molecule has 0 aliphatic rings. The molecule has 0 unspecified atom stereocenters. The second-order valence-corrected chi connectivity index (χ2v) is 3.99. The van der Waals surface area contributed by atoms with E-state index in [1.807, 2.05) is 24.3 Å². The van der Waals surface area contributed by atoms with Gasteiger partial charge in [-0.1, -0.05) is 12.1 Å². The Kier molecular flexibility index (Phi) is 4.28. The monoisotopic (exact) mass is 198 g/mol. The van der Waals surface area contributed by atoms with Gasteiger partial charge in [-0.15, -0.1) is 11.8 Å². The molecule has 0 spiro atoms. The molecule has 72 valence electrons. The van der Waals surface area contributed by atoms with Crippen LogP contribution in [0.4, 0.5) is 0 Å². The molecule has 0 heterocycles. The fraction of sp³-hybridized carbons (Fsp3) is 0.400. The van der Waals surface area contributed by atoms with Crippen LogP contribution in [0.5, 0.6) is 0 Å². The van der Waals surface area contributed by atoms with Gasteiger partial charge in [0.05, 0.1) is 12.7 Å². The largest absolute Gasteiger partial charge is 0.396 e. The quantitative estimate of drug-likeness (QED) is 0.725. The van der Waals surface area contributed by atoms with Crippen LogP contribution in [0.2, 0.25) is 0 Å². The Morgan fingerprint density at radius 1 is 1.31 bits per heavy atom. The van der Waals surface area contributed by atoms with E-state index in [9.17, 15) is 5.11 Å². The SMILES string of the molecule is C[C@H](O)c1ccc(SCCO)cc1. The number of thioether (sulfide) groups is 1. The lowest BCUT2D eigenvalue weighted by molar-refractivity contribution is 0.199. The minimum atomic E-state index is -0.406. The van der Waals surface area contributed by atoms with E-state index in [1.165, 1.54) is 0 Å². The highest BCUT2D eigenvalue weighted by molar-refractivity contribution is 7.99. The summed E-state index contributed by atoms with van der Waals surface area (Å²) in [5.74, 6) is 0.716. The zero-order valence-electron chi connectivity index (χ0n) is 7.60. The lowest BCUT2D eigenvalue weighted by Crippen LogP contribution is -1.90. The maximum atomic E-state index is 9.24. The first-order valence-electron chi connectivity index (χ1n) is 4.25. The van der Waals surface area contributed by atoms with E-state index in [1.54, 1.807) is 18.7 Å². The fourth-order valence-electron chi connectivity index (χ4n) is 1.01. The molecule has 0 fully saturated rings. The Bertz CT molecular complexity index is 244. The molecule has 2 N–H and O–H groups in total. The summed E-state index contributed by atoms with van der Waals surface area (Å²) in [5.41, 5.74) is 0.924. The highest BCUT2D eigenvalue weighted by atomic mass is 32.2. The molecule has 0 amide bonds. The maximum Gasteiger partial charge on any atom is 0.0761 e. The van der Waals surface area contributed by atoms with Crippen molar-refractivity contribution in [3.05, 3.63) is 29.8 Å². The number of aliphatic hydroxyl groups is 2. The summed E-state index contributed by atoms with van der Waals surface area (Å²) in [5, 5.41) is 17.9. The second kappa shape index (κ2) is 5.27. The summed E-state index contributed by atoms with van der Waals surface area (Å²) >= 11 is 1.61. The van der Waals surface area contributed by atoms with Crippen LogP contribution in [0.15, 0.2) is 29.2 Å². The lowest BCUT2D eigenvalue weighted by atomic mass is 10.1. The Balaban J connectivity index is 2.59. The molecule has 0 aromatic heterocycles. The number of hydrogen-bond acceptors (Lipinski definition) is 3. The first kappa shape index (κ1) is 10.6. The molecule has 2 nitrogen and oxygen atoms in total. The summed E-state index contributed by atoms with van der Waals surface area (Å²) in [4.78, 5) is 1.12. The van der Waals surface area contributed by atoms with Gasteiger partial charge in [0.25, 0.3) is 0 Å². The van der Waals surface area contributed by atoms with Gasteiger partial charge in [0.1, 0.15) is 0 Å². The summed E-state index contributed by atoms with van der Waals surface area (Å²) in [6, 6.07) is 7.74. The molecule has 0 aliphatic carbocycles. The van der Waals surface area contributed by atoms with E-state index in [0.29, 0.717) is 5.75 Å². The summed E-state index contributed by atoms with van der Waals surface area (Å²) in [6.45, 7) is 1.94. The van der Waals surface area contributed by atoms with Crippen LogP contribution >= 0.6 is 11.8 Å². The van der Waals surface area contributed by atoms with E-state index in [4.69, 9.17) is 5.11 Å². The zero-order chi connectivity index (χ0) is 9.68. The number of hydrogen-bond donors (Lipinski definition) is 2. The van der Waals surface area contributed by atoms with Gasteiger partial charge in [-0.25, -0.2) is 0 Å². The number of rotatable bonds is 4. The lowest BCUT2D eigenvalue weighted by Gasteiger charge is -2.05. The molecular formula is C10H14O2S. The molecule has 0 radical (unpaired) electrons. The standard InChI is InChI=1S/C10H14O2S/c1-8(12)9-2-4-10(5-3-9)13-7-6-11/h2-5,8,11-12H,6-7H2,1H3/t8-/m0/s1. The van der Waals surface area contributed by atoms with Crippen molar-refractivity contribution in [2.45, 2.75) is 17.9 Å². The van der Waals surface area contributed by atoms with Gasteiger partial charge in [-0.3, -0.25) is 0 Å². The molecular weight excluding hydrogens is 184 g/mol. The van der Waals surface area contributed by atoms with Crippen molar-refractivity contribution in [1.29, 1.82) is 0 Å². The Hall–Kier alpha value is -0.510. The first-order valence-corrected chi connectivity index (χ1v) is 5.24. The third-order valence-electron chi connectivity index (χ3n) is 1.72. The van der Waals surface area contributed by atoms with Crippen molar-refractivity contribution in [2.24, 2.45) is 0 Å². The Morgan fingerprint density at radius 2 is 1.92 bits per heavy atom. The molecule has 0 aliphatic heterocycles. The van der Waals surface area contributed by atoms with E-state index in [-0.39, 0.29) is 6.61 Å². The van der Waals surface area contributed by atoms with Crippen LogP contribution < -0.4 is 0 Å². The molecule has 1 aromatic carbocycles. The van der Waals surface area contributed by atoms with E-state index < -0.39 is 6.10 Å². The van der Waals surface area contributed by atoms with Gasteiger partial charge in [0, 0.05) is 10.6 Å². The average molecular weight is 198 g/mol. The third-order valence-corrected chi connectivity index (χ3v) is 2.71. The van der Waals surface area contributed by atoms with Gasteiger partial charge in [-0.2, -0.15) is 0 Å². The molecule has 3 heteroatoms. The van der Waals surface area contributed by atoms with Crippen molar-refractivity contribution in [3.8, 4) is 0 Å². The molecule has 1 aromatic rings. The van der Waals surface area contributed by atoms with Gasteiger partial charge in [0.15, 0.2) is 0 Å². The van der Waals surface area contributed by atoms with Crippen molar-refractivity contribution in [2.75, 3.05) is 12.4 Å². The topological polar surface area (TPSA) is 40.5 Å². The van der Waals surface area contributed by atoms with Crippen LogP contribution in [0.3, 0.4) is 0 Å². The van der Waals surface area contributed by atoms with Crippen molar-refractivity contribution in [3.63, 3.8) is 0 Å². The number of benzene rings is 1. The van der Waals surface area contributed by atoms with Gasteiger partial charge < -0.3 is 10.2 Å². The Labute approximate surface area is 82.6 Å². The van der Waals surface area contributed by atoms with Gasteiger partial charge in [-0.05, 0) is 24.6 Å². The highest BCUT2D eigenvalue weighted by Crippen LogP contribution is 2.20. The molecule has 0 saturated heterocycles. The van der Waals surface area contributed by atoms with Crippen LogP contribution in [0, 0.1) is 0 Å². The summed E-state index contributed by atoms with van der Waals surface area (Å²) < 4.78 is 0. The molecule has 13 heavy (non-hydrogen) atoms. The van der Waals surface area contributed by atoms with E-state index in [2.05, 4.69) is 0 Å². The molecule has 1 atom stereocenters. The predicted octanol–water partition coefficient (Wildman–Crippen LogP) is 1.82. The summed E-state index contributed by atoms with van der Waals surface area (Å²) in [7, 11) is 0. The first-order chi connectivity index (χ1) is 6.24.